The Balaban J connectivity index is 2.27. The summed E-state index contributed by atoms with van der Waals surface area (Å²) in [5.74, 6) is 0.501. The first kappa shape index (κ1) is 8.84. The predicted molar refractivity (Wildman–Crippen MR) is 61.2 cm³/mol. The Morgan fingerprint density at radius 1 is 1.27 bits per heavy atom. The van der Waals surface area contributed by atoms with Gasteiger partial charge in [0, 0.05) is 28.8 Å². The summed E-state index contributed by atoms with van der Waals surface area (Å²) >= 11 is 1.98. The summed E-state index contributed by atoms with van der Waals surface area (Å²) < 4.78 is 7.64. The standard InChI is InChI=1S/C9H5IN4O/c10-9-13-12-8(15-9)6-5-11-14-4-2-1-3-7(6)14/h1-5H. The van der Waals surface area contributed by atoms with Crippen LogP contribution in [0.1, 0.15) is 0 Å². The van der Waals surface area contributed by atoms with E-state index in [1.54, 1.807) is 10.7 Å². The van der Waals surface area contributed by atoms with E-state index in [0.717, 1.165) is 11.1 Å². The van der Waals surface area contributed by atoms with E-state index in [4.69, 9.17) is 4.42 Å². The first-order valence-electron chi connectivity index (χ1n) is 4.26. The molecule has 0 fully saturated rings. The van der Waals surface area contributed by atoms with Crippen LogP contribution in [0, 0.1) is 3.90 Å². The van der Waals surface area contributed by atoms with Crippen molar-refractivity contribution < 1.29 is 4.42 Å². The lowest BCUT2D eigenvalue weighted by molar-refractivity contribution is 0.537. The third-order valence-electron chi connectivity index (χ3n) is 2.06. The van der Waals surface area contributed by atoms with E-state index in [1.165, 1.54) is 0 Å². The second kappa shape index (κ2) is 3.30. The number of nitrogens with zero attached hydrogens (tertiary/aromatic N) is 4. The van der Waals surface area contributed by atoms with Crippen molar-refractivity contribution in [1.82, 2.24) is 19.8 Å². The highest BCUT2D eigenvalue weighted by molar-refractivity contribution is 14.1. The van der Waals surface area contributed by atoms with Gasteiger partial charge in [-0.05, 0) is 12.1 Å². The number of hydrogen-bond donors (Lipinski definition) is 0. The minimum absolute atomic E-state index is 0.501. The van der Waals surface area contributed by atoms with Gasteiger partial charge in [0.1, 0.15) is 0 Å². The molecule has 3 heterocycles. The molecule has 0 saturated heterocycles. The zero-order chi connectivity index (χ0) is 10.3. The quantitative estimate of drug-likeness (QED) is 0.645. The molecule has 0 atom stereocenters. The fraction of sp³-hybridized carbons (Fsp3) is 0. The van der Waals surface area contributed by atoms with Crippen LogP contribution in [-0.4, -0.2) is 19.8 Å². The molecule has 0 aromatic carbocycles. The topological polar surface area (TPSA) is 56.2 Å². The second-order valence-corrected chi connectivity index (χ2v) is 3.87. The van der Waals surface area contributed by atoms with E-state index >= 15 is 0 Å². The molecular weight excluding hydrogens is 307 g/mol. The summed E-state index contributed by atoms with van der Waals surface area (Å²) in [7, 11) is 0. The molecule has 5 nitrogen and oxygen atoms in total. The van der Waals surface area contributed by atoms with Gasteiger partial charge in [-0.25, -0.2) is 4.52 Å². The molecule has 0 saturated carbocycles. The fourth-order valence-electron chi connectivity index (χ4n) is 1.41. The third-order valence-corrected chi connectivity index (χ3v) is 2.49. The van der Waals surface area contributed by atoms with Gasteiger partial charge in [-0.1, -0.05) is 6.07 Å². The van der Waals surface area contributed by atoms with Crippen molar-refractivity contribution in [1.29, 1.82) is 0 Å². The zero-order valence-corrected chi connectivity index (χ0v) is 9.62. The van der Waals surface area contributed by atoms with Gasteiger partial charge < -0.3 is 4.42 Å². The molecule has 0 N–H and O–H groups in total. The van der Waals surface area contributed by atoms with Crippen LogP contribution in [0.4, 0.5) is 0 Å². The Bertz CT molecular complexity index is 615. The summed E-state index contributed by atoms with van der Waals surface area (Å²) in [6.07, 6.45) is 3.60. The van der Waals surface area contributed by atoms with Crippen LogP contribution in [0.3, 0.4) is 0 Å². The highest BCUT2D eigenvalue weighted by Crippen LogP contribution is 2.23. The second-order valence-electron chi connectivity index (χ2n) is 2.95. The summed E-state index contributed by atoms with van der Waals surface area (Å²) in [5, 5.41) is 11.9. The molecule has 0 bridgehead atoms. The maximum atomic E-state index is 5.35. The van der Waals surface area contributed by atoms with Gasteiger partial charge in [0.15, 0.2) is 0 Å². The SMILES string of the molecule is Ic1nnc(-c2cnn3ccccc23)o1. The van der Waals surface area contributed by atoms with Crippen molar-refractivity contribution in [2.45, 2.75) is 0 Å². The molecule has 0 aliphatic rings. The Morgan fingerprint density at radius 2 is 2.20 bits per heavy atom. The van der Waals surface area contributed by atoms with E-state index in [-0.39, 0.29) is 0 Å². The largest absolute Gasteiger partial charge is 0.412 e. The monoisotopic (exact) mass is 312 g/mol. The normalized spacial score (nSPS) is 11.0. The number of hydrogen-bond acceptors (Lipinski definition) is 4. The van der Waals surface area contributed by atoms with Crippen LogP contribution in [0.15, 0.2) is 35.0 Å². The molecule has 0 spiro atoms. The van der Waals surface area contributed by atoms with Crippen molar-refractivity contribution in [3.05, 3.63) is 34.5 Å². The van der Waals surface area contributed by atoms with Crippen molar-refractivity contribution in [2.24, 2.45) is 0 Å². The van der Waals surface area contributed by atoms with Crippen molar-refractivity contribution in [3.8, 4) is 11.5 Å². The molecule has 0 unspecified atom stereocenters. The number of halogens is 1. The number of rotatable bonds is 1. The van der Waals surface area contributed by atoms with Crippen molar-refractivity contribution in [2.75, 3.05) is 0 Å². The van der Waals surface area contributed by atoms with Crippen LogP contribution in [-0.2, 0) is 0 Å². The maximum absolute atomic E-state index is 5.35. The molecule has 3 aromatic rings. The number of aromatic nitrogens is 4. The van der Waals surface area contributed by atoms with E-state index in [0.29, 0.717) is 9.79 Å². The maximum Gasteiger partial charge on any atom is 0.278 e. The molecule has 6 heteroatoms. The zero-order valence-electron chi connectivity index (χ0n) is 7.46. The van der Waals surface area contributed by atoms with E-state index in [1.807, 2.05) is 47.0 Å². The highest BCUT2D eigenvalue weighted by Gasteiger charge is 2.11. The van der Waals surface area contributed by atoms with Gasteiger partial charge in [0.05, 0.1) is 17.3 Å². The smallest absolute Gasteiger partial charge is 0.278 e. The Morgan fingerprint density at radius 3 is 3.00 bits per heavy atom. The molecular formula is C9H5IN4O. The fourth-order valence-corrected chi connectivity index (χ4v) is 1.73. The average molecular weight is 312 g/mol. The van der Waals surface area contributed by atoms with Gasteiger partial charge in [-0.3, -0.25) is 0 Å². The van der Waals surface area contributed by atoms with Gasteiger partial charge in [-0.15, -0.1) is 10.2 Å². The summed E-state index contributed by atoms with van der Waals surface area (Å²) in [4.78, 5) is 0. The molecule has 3 aromatic heterocycles. The predicted octanol–water partition coefficient (Wildman–Crippen LogP) is 1.99. The van der Waals surface area contributed by atoms with Gasteiger partial charge >= 0.3 is 0 Å². The first-order chi connectivity index (χ1) is 7.34. The molecule has 74 valence electrons. The molecule has 3 rings (SSSR count). The minimum Gasteiger partial charge on any atom is -0.412 e. The summed E-state index contributed by atoms with van der Waals surface area (Å²) in [5.41, 5.74) is 1.81. The molecule has 0 aliphatic carbocycles. The van der Waals surface area contributed by atoms with Crippen LogP contribution in [0.5, 0.6) is 0 Å². The highest BCUT2D eigenvalue weighted by atomic mass is 127. The Kier molecular flexibility index (Phi) is 1.94. The molecule has 0 radical (unpaired) electrons. The lowest BCUT2D eigenvalue weighted by Crippen LogP contribution is -1.83. The lowest BCUT2D eigenvalue weighted by Gasteiger charge is -1.92. The number of fused-ring (bicyclic) bond motifs is 1. The van der Waals surface area contributed by atoms with E-state index in [9.17, 15) is 0 Å². The minimum atomic E-state index is 0.501. The first-order valence-corrected chi connectivity index (χ1v) is 5.34. The molecule has 0 amide bonds. The Labute approximate surface area is 98.3 Å². The van der Waals surface area contributed by atoms with Gasteiger partial charge in [0.2, 0.25) is 0 Å². The third kappa shape index (κ3) is 1.41. The Hall–Kier alpha value is -1.44. The van der Waals surface area contributed by atoms with E-state index < -0.39 is 0 Å². The summed E-state index contributed by atoms with van der Waals surface area (Å²) in [6, 6.07) is 5.82. The van der Waals surface area contributed by atoms with Crippen LogP contribution >= 0.6 is 22.6 Å². The number of pyridine rings is 1. The average Bonchev–Trinajstić information content (AvgIpc) is 2.83. The summed E-state index contributed by atoms with van der Waals surface area (Å²) in [6.45, 7) is 0. The van der Waals surface area contributed by atoms with Gasteiger partial charge in [-0.2, -0.15) is 5.10 Å². The van der Waals surface area contributed by atoms with Crippen molar-refractivity contribution >= 4 is 28.1 Å². The van der Waals surface area contributed by atoms with Crippen LogP contribution in [0.25, 0.3) is 17.0 Å². The molecule has 0 aliphatic heterocycles. The van der Waals surface area contributed by atoms with E-state index in [2.05, 4.69) is 15.3 Å². The van der Waals surface area contributed by atoms with Crippen LogP contribution < -0.4 is 0 Å². The molecule has 15 heavy (non-hydrogen) atoms. The van der Waals surface area contributed by atoms with Gasteiger partial charge in [0.25, 0.3) is 9.79 Å². The van der Waals surface area contributed by atoms with Crippen LogP contribution in [0.2, 0.25) is 0 Å². The lowest BCUT2D eigenvalue weighted by atomic mass is 10.2. The van der Waals surface area contributed by atoms with Crippen molar-refractivity contribution in [3.63, 3.8) is 0 Å².